The molecule has 2 amide bonds. The molecule has 0 spiro atoms. The van der Waals surface area contributed by atoms with Crippen molar-refractivity contribution in [1.29, 1.82) is 0 Å². The van der Waals surface area contributed by atoms with E-state index in [1.54, 1.807) is 6.92 Å². The number of carbonyl (C=O) groups is 3. The number of carbonyl (C=O) groups excluding carboxylic acids is 2. The van der Waals surface area contributed by atoms with E-state index in [0.29, 0.717) is 4.90 Å². The predicted octanol–water partition coefficient (Wildman–Crippen LogP) is 2.22. The van der Waals surface area contributed by atoms with Crippen molar-refractivity contribution in [2.24, 2.45) is 0 Å². The average molecular weight is 331 g/mol. The van der Waals surface area contributed by atoms with E-state index in [0.717, 1.165) is 7.11 Å². The second-order valence-electron chi connectivity index (χ2n) is 7.29. The molecule has 22 heavy (non-hydrogen) atoms. The molecule has 1 fully saturated rings. The lowest BCUT2D eigenvalue weighted by Crippen LogP contribution is -2.52. The molecule has 2 atom stereocenters. The molecule has 126 valence electrons. The van der Waals surface area contributed by atoms with E-state index in [9.17, 15) is 19.5 Å². The number of ether oxygens (including phenoxy) is 1. The number of hydrogen-bond donors (Lipinski definition) is 1. The monoisotopic (exact) mass is 331 g/mol. The van der Waals surface area contributed by atoms with Crippen LogP contribution in [-0.2, 0) is 18.8 Å². The molecule has 0 saturated carbocycles. The fourth-order valence-corrected chi connectivity index (χ4v) is 3.89. The summed E-state index contributed by atoms with van der Waals surface area (Å²) in [5, 5.41) is 9.10. The van der Waals surface area contributed by atoms with Gasteiger partial charge in [0.05, 0.1) is 7.11 Å². The molecule has 1 rings (SSSR count). The van der Waals surface area contributed by atoms with Gasteiger partial charge in [0.15, 0.2) is 8.32 Å². The molecule has 2 unspecified atom stereocenters. The number of nitrogens with zero attached hydrogens (tertiary/aromatic N) is 1. The van der Waals surface area contributed by atoms with E-state index in [1.807, 2.05) is 33.9 Å². The minimum Gasteiger partial charge on any atom is -0.467 e. The maximum absolute atomic E-state index is 12.5. The smallest absolute Gasteiger partial charge is 0.414 e. The Morgan fingerprint density at radius 2 is 1.86 bits per heavy atom. The van der Waals surface area contributed by atoms with E-state index in [1.165, 1.54) is 0 Å². The SMILES string of the molecule is COC(=O)C1CC(C)(O[Si](C)(C)C(C)(C)C)C(=O)N1C(=O)O. The molecule has 1 saturated heterocycles. The van der Waals surface area contributed by atoms with Gasteiger partial charge in [0, 0.05) is 6.42 Å². The van der Waals surface area contributed by atoms with E-state index in [4.69, 9.17) is 4.43 Å². The molecule has 1 aliphatic rings. The second kappa shape index (κ2) is 5.66. The lowest BCUT2D eigenvalue weighted by Gasteiger charge is -2.41. The van der Waals surface area contributed by atoms with E-state index in [2.05, 4.69) is 4.74 Å². The molecular formula is C14H25NO6Si. The van der Waals surface area contributed by atoms with Gasteiger partial charge in [-0.25, -0.2) is 14.5 Å². The maximum atomic E-state index is 12.5. The Morgan fingerprint density at radius 3 is 2.23 bits per heavy atom. The first-order chi connectivity index (χ1) is 9.77. The van der Waals surface area contributed by atoms with Crippen LogP contribution < -0.4 is 0 Å². The molecular weight excluding hydrogens is 306 g/mol. The summed E-state index contributed by atoms with van der Waals surface area (Å²) in [5.41, 5.74) is -1.33. The lowest BCUT2D eigenvalue weighted by atomic mass is 10.0. The summed E-state index contributed by atoms with van der Waals surface area (Å²) in [4.78, 5) is 36.2. The number of esters is 1. The Balaban J connectivity index is 3.18. The summed E-state index contributed by atoms with van der Waals surface area (Å²) in [7, 11) is -1.15. The van der Waals surface area contributed by atoms with Gasteiger partial charge in [-0.1, -0.05) is 20.8 Å². The highest BCUT2D eigenvalue weighted by atomic mass is 28.4. The van der Waals surface area contributed by atoms with Gasteiger partial charge in [0.25, 0.3) is 5.91 Å². The highest BCUT2D eigenvalue weighted by Gasteiger charge is 2.58. The maximum Gasteiger partial charge on any atom is 0.414 e. The number of hydrogen-bond acceptors (Lipinski definition) is 5. The molecule has 1 aliphatic heterocycles. The van der Waals surface area contributed by atoms with Crippen LogP contribution in [0.15, 0.2) is 0 Å². The standard InChI is InChI=1S/C14H25NO6Si/c1-13(2,3)22(6,7)21-14(4)8-9(10(16)20-5)15(11(14)17)12(18)19/h9H,8H2,1-7H3,(H,18,19). The number of amides is 2. The van der Waals surface area contributed by atoms with Crippen LogP contribution in [0.4, 0.5) is 4.79 Å². The van der Waals surface area contributed by atoms with E-state index >= 15 is 0 Å². The minimum atomic E-state index is -2.32. The Hall–Kier alpha value is -1.41. The van der Waals surface area contributed by atoms with Gasteiger partial charge in [-0.3, -0.25) is 4.79 Å². The highest BCUT2D eigenvalue weighted by Crippen LogP contribution is 2.43. The summed E-state index contributed by atoms with van der Waals surface area (Å²) < 4.78 is 10.8. The van der Waals surface area contributed by atoms with Crippen LogP contribution in [0.5, 0.6) is 0 Å². The van der Waals surface area contributed by atoms with Crippen LogP contribution in [0.3, 0.4) is 0 Å². The summed E-state index contributed by atoms with van der Waals surface area (Å²) >= 11 is 0. The van der Waals surface area contributed by atoms with Gasteiger partial charge in [-0.05, 0) is 25.1 Å². The Labute approximate surface area is 131 Å². The van der Waals surface area contributed by atoms with Crippen LogP contribution in [0, 0.1) is 0 Å². The van der Waals surface area contributed by atoms with Crippen molar-refractivity contribution in [1.82, 2.24) is 4.90 Å². The molecule has 0 aromatic carbocycles. The molecule has 1 N–H and O–H groups in total. The predicted molar refractivity (Wildman–Crippen MR) is 82.0 cm³/mol. The molecule has 0 radical (unpaired) electrons. The normalized spacial score (nSPS) is 26.2. The fourth-order valence-electron chi connectivity index (χ4n) is 2.29. The van der Waals surface area contributed by atoms with Crippen molar-refractivity contribution in [2.45, 2.75) is 63.9 Å². The quantitative estimate of drug-likeness (QED) is 0.629. The minimum absolute atomic E-state index is 0.0304. The molecule has 1 heterocycles. The number of rotatable bonds is 3. The third-order valence-electron chi connectivity index (χ3n) is 4.53. The van der Waals surface area contributed by atoms with Crippen LogP contribution in [-0.4, -0.2) is 55.0 Å². The van der Waals surface area contributed by atoms with Gasteiger partial charge in [0.2, 0.25) is 0 Å². The van der Waals surface area contributed by atoms with Gasteiger partial charge >= 0.3 is 12.1 Å². The molecule has 0 bridgehead atoms. The Morgan fingerprint density at radius 1 is 1.36 bits per heavy atom. The van der Waals surface area contributed by atoms with Gasteiger partial charge in [-0.2, -0.15) is 0 Å². The van der Waals surface area contributed by atoms with Crippen molar-refractivity contribution < 1.29 is 28.7 Å². The fraction of sp³-hybridized carbons (Fsp3) is 0.786. The second-order valence-corrected chi connectivity index (χ2v) is 12.0. The molecule has 7 nitrogen and oxygen atoms in total. The van der Waals surface area contributed by atoms with E-state index in [-0.39, 0.29) is 11.5 Å². The Kier molecular flexibility index (Phi) is 4.79. The zero-order chi connectivity index (χ0) is 17.5. The van der Waals surface area contributed by atoms with Gasteiger partial charge in [-0.15, -0.1) is 0 Å². The van der Waals surface area contributed by atoms with Gasteiger partial charge in [0.1, 0.15) is 11.6 Å². The molecule has 8 heteroatoms. The summed E-state index contributed by atoms with van der Waals surface area (Å²) in [5.74, 6) is -1.46. The first-order valence-electron chi connectivity index (χ1n) is 7.11. The van der Waals surface area contributed by atoms with Crippen molar-refractivity contribution in [3.05, 3.63) is 0 Å². The molecule has 0 aromatic heterocycles. The number of carboxylic acid groups (broad SMARTS) is 1. The van der Waals surface area contributed by atoms with Crippen molar-refractivity contribution >= 4 is 26.3 Å². The van der Waals surface area contributed by atoms with Crippen molar-refractivity contribution in [2.75, 3.05) is 7.11 Å². The lowest BCUT2D eigenvalue weighted by molar-refractivity contribution is -0.148. The van der Waals surface area contributed by atoms with Crippen LogP contribution >= 0.6 is 0 Å². The highest BCUT2D eigenvalue weighted by molar-refractivity contribution is 6.74. The average Bonchev–Trinajstić information content (AvgIpc) is 2.59. The molecule has 0 aromatic rings. The van der Waals surface area contributed by atoms with Crippen molar-refractivity contribution in [3.8, 4) is 0 Å². The molecule has 0 aliphatic carbocycles. The zero-order valence-electron chi connectivity index (χ0n) is 14.2. The van der Waals surface area contributed by atoms with Crippen LogP contribution in [0.25, 0.3) is 0 Å². The topological polar surface area (TPSA) is 93.1 Å². The largest absolute Gasteiger partial charge is 0.467 e. The van der Waals surface area contributed by atoms with Crippen LogP contribution in [0.1, 0.15) is 34.1 Å². The summed E-state index contributed by atoms with van der Waals surface area (Å²) in [6, 6.07) is -1.16. The Bertz CT molecular complexity index is 498. The summed E-state index contributed by atoms with van der Waals surface area (Å²) in [6.07, 6.45) is -1.50. The zero-order valence-corrected chi connectivity index (χ0v) is 15.2. The van der Waals surface area contributed by atoms with E-state index < -0.39 is 37.9 Å². The first-order valence-corrected chi connectivity index (χ1v) is 10.0. The number of likely N-dealkylation sites (tertiary alicyclic amines) is 1. The van der Waals surface area contributed by atoms with Gasteiger partial charge < -0.3 is 14.3 Å². The number of methoxy groups -OCH3 is 1. The summed E-state index contributed by atoms with van der Waals surface area (Å²) in [6.45, 7) is 11.6. The first kappa shape index (κ1) is 18.6. The third kappa shape index (κ3) is 3.17. The van der Waals surface area contributed by atoms with Crippen molar-refractivity contribution in [3.63, 3.8) is 0 Å². The third-order valence-corrected chi connectivity index (χ3v) is 9.10. The number of imide groups is 1. The van der Waals surface area contributed by atoms with Crippen LogP contribution in [0.2, 0.25) is 18.1 Å².